The van der Waals surface area contributed by atoms with Gasteiger partial charge in [0.25, 0.3) is 5.91 Å². The molecule has 45 heavy (non-hydrogen) atoms. The van der Waals surface area contributed by atoms with Gasteiger partial charge in [0.15, 0.2) is 0 Å². The van der Waals surface area contributed by atoms with Crippen LogP contribution < -0.4 is 15.4 Å². The zero-order valence-electron chi connectivity index (χ0n) is 25.3. The van der Waals surface area contributed by atoms with Crippen LogP contribution in [0.4, 0.5) is 0 Å². The second-order valence-corrected chi connectivity index (χ2v) is 11.2. The van der Waals surface area contributed by atoms with Gasteiger partial charge in [-0.1, -0.05) is 0 Å². The largest absolute Gasteiger partial charge is 0.491 e. The van der Waals surface area contributed by atoms with Crippen LogP contribution in [0.2, 0.25) is 0 Å². The first-order chi connectivity index (χ1) is 21.5. The maximum Gasteiger partial charge on any atom is 0.303 e. The molecule has 3 aliphatic heterocycles. The Morgan fingerprint density at radius 1 is 1.00 bits per heavy atom. The second-order valence-electron chi connectivity index (χ2n) is 11.2. The van der Waals surface area contributed by atoms with Gasteiger partial charge in [-0.3, -0.25) is 33.8 Å². The minimum Gasteiger partial charge on any atom is -0.491 e. The highest BCUT2D eigenvalue weighted by Gasteiger charge is 2.37. The molecule has 5 amide bonds. The molecule has 14 heteroatoms. The Kier molecular flexibility index (Phi) is 11.1. The van der Waals surface area contributed by atoms with Crippen molar-refractivity contribution in [2.75, 3.05) is 33.8 Å². The summed E-state index contributed by atoms with van der Waals surface area (Å²) < 4.78 is 5.96. The highest BCUT2D eigenvalue weighted by atomic mass is 16.5. The van der Waals surface area contributed by atoms with E-state index in [1.54, 1.807) is 53.7 Å². The first-order valence-corrected chi connectivity index (χ1v) is 14.7. The Hall–Kier alpha value is -5.01. The van der Waals surface area contributed by atoms with Crippen LogP contribution in [0, 0.1) is 0 Å². The van der Waals surface area contributed by atoms with Crippen LogP contribution in [0.5, 0.6) is 5.75 Å². The second kappa shape index (κ2) is 15.1. The molecule has 2 aromatic rings. The average molecular weight is 623 g/mol. The number of amides is 5. The van der Waals surface area contributed by atoms with E-state index >= 15 is 0 Å². The van der Waals surface area contributed by atoms with E-state index in [2.05, 4.69) is 15.6 Å². The number of likely N-dealkylation sites (N-methyl/N-ethyl adjacent to an activating group) is 2. The topological polar surface area (TPSA) is 179 Å². The number of aromatic nitrogens is 1. The number of nitrogens with zero attached hydrogens (tertiary/aromatic N) is 4. The Bertz CT molecular complexity index is 1400. The number of ether oxygens (including phenoxy) is 1. The van der Waals surface area contributed by atoms with Gasteiger partial charge in [-0.2, -0.15) is 0 Å². The third kappa shape index (κ3) is 9.00. The SMILES string of the molecule is CN1CC(=O)N2C[C@H](NC(=O)CCC(=O)O)C[C@H]2COc2ccc(cc2)C(=O)N(C)[C@H](C(=O)NCc2ccncc2)CCC1=O. The van der Waals surface area contributed by atoms with Crippen LogP contribution >= 0.6 is 0 Å². The number of carboxylic acids is 1. The fourth-order valence-electron chi connectivity index (χ4n) is 5.38. The number of hydrogen-bond acceptors (Lipinski definition) is 8. The van der Waals surface area contributed by atoms with Crippen molar-refractivity contribution in [3.63, 3.8) is 0 Å². The van der Waals surface area contributed by atoms with Crippen molar-refractivity contribution in [3.05, 3.63) is 59.9 Å². The van der Waals surface area contributed by atoms with E-state index in [-0.39, 0.29) is 63.7 Å². The number of nitrogens with one attached hydrogen (secondary N) is 2. The van der Waals surface area contributed by atoms with Crippen molar-refractivity contribution >= 4 is 35.5 Å². The zero-order chi connectivity index (χ0) is 32.5. The number of hydrogen-bond donors (Lipinski definition) is 3. The van der Waals surface area contributed by atoms with Gasteiger partial charge in [-0.15, -0.1) is 0 Å². The summed E-state index contributed by atoms with van der Waals surface area (Å²) in [6.07, 6.45) is 3.04. The minimum atomic E-state index is -1.08. The molecule has 0 aliphatic carbocycles. The molecule has 1 fully saturated rings. The van der Waals surface area contributed by atoms with Crippen molar-refractivity contribution < 1.29 is 38.6 Å². The number of carbonyl (C=O) groups excluding carboxylic acids is 5. The molecular formula is C31H38N6O8. The summed E-state index contributed by atoms with van der Waals surface area (Å²) in [5.74, 6) is -2.61. The lowest BCUT2D eigenvalue weighted by molar-refractivity contribution is -0.140. The van der Waals surface area contributed by atoms with E-state index in [9.17, 15) is 28.8 Å². The van der Waals surface area contributed by atoms with Gasteiger partial charge in [0, 0.05) is 64.0 Å². The number of rotatable bonds is 7. The van der Waals surface area contributed by atoms with Crippen LogP contribution in [0.1, 0.15) is 48.0 Å². The molecule has 14 nitrogen and oxygen atoms in total. The number of fused-ring (bicyclic) bond motifs is 11. The summed E-state index contributed by atoms with van der Waals surface area (Å²) in [6, 6.07) is 8.13. The molecular weight excluding hydrogens is 584 g/mol. The minimum absolute atomic E-state index is 0.0275. The number of aliphatic carboxylic acids is 1. The van der Waals surface area contributed by atoms with Gasteiger partial charge in [0.1, 0.15) is 18.4 Å². The fourth-order valence-corrected chi connectivity index (χ4v) is 5.38. The van der Waals surface area contributed by atoms with Crippen LogP contribution in [0.3, 0.4) is 0 Å². The lowest BCUT2D eigenvalue weighted by atomic mass is 10.1. The first kappa shape index (κ1) is 32.9. The van der Waals surface area contributed by atoms with E-state index < -0.39 is 41.8 Å². The Balaban J connectivity index is 1.52. The van der Waals surface area contributed by atoms with E-state index in [1.165, 1.54) is 23.9 Å². The maximum absolute atomic E-state index is 13.4. The molecule has 3 aliphatic rings. The fraction of sp³-hybridized carbons (Fsp3) is 0.452. The smallest absolute Gasteiger partial charge is 0.303 e. The summed E-state index contributed by atoms with van der Waals surface area (Å²) in [7, 11) is 3.01. The third-order valence-corrected chi connectivity index (χ3v) is 7.95. The van der Waals surface area contributed by atoms with Crippen molar-refractivity contribution in [2.24, 2.45) is 0 Å². The average Bonchev–Trinajstić information content (AvgIpc) is 3.44. The van der Waals surface area contributed by atoms with E-state index in [0.29, 0.717) is 17.7 Å². The molecule has 0 spiro atoms. The lowest BCUT2D eigenvalue weighted by Gasteiger charge is -2.28. The molecule has 5 rings (SSSR count). The molecule has 3 atom stereocenters. The van der Waals surface area contributed by atoms with Crippen LogP contribution in [0.15, 0.2) is 48.8 Å². The van der Waals surface area contributed by atoms with E-state index in [4.69, 9.17) is 9.84 Å². The Morgan fingerprint density at radius 2 is 1.71 bits per heavy atom. The molecule has 0 saturated carbocycles. The van der Waals surface area contributed by atoms with E-state index in [1.807, 2.05) is 0 Å². The lowest BCUT2D eigenvalue weighted by Crippen LogP contribution is -2.48. The summed E-state index contributed by atoms with van der Waals surface area (Å²) >= 11 is 0. The number of carboxylic acid groups (broad SMARTS) is 1. The number of carbonyl (C=O) groups is 6. The van der Waals surface area contributed by atoms with Crippen LogP contribution in [0.25, 0.3) is 0 Å². The van der Waals surface area contributed by atoms with Gasteiger partial charge in [0.2, 0.25) is 23.6 Å². The first-order valence-electron chi connectivity index (χ1n) is 14.7. The molecule has 0 radical (unpaired) electrons. The summed E-state index contributed by atoms with van der Waals surface area (Å²) in [4.78, 5) is 84.6. The molecule has 4 heterocycles. The third-order valence-electron chi connectivity index (χ3n) is 7.95. The van der Waals surface area contributed by atoms with Crippen molar-refractivity contribution in [1.29, 1.82) is 0 Å². The van der Waals surface area contributed by atoms with Gasteiger partial charge in [-0.05, 0) is 54.8 Å². The van der Waals surface area contributed by atoms with Gasteiger partial charge in [0.05, 0.1) is 19.0 Å². The predicted molar refractivity (Wildman–Crippen MR) is 160 cm³/mol. The number of pyridine rings is 1. The Labute approximate surface area is 260 Å². The molecule has 1 aromatic carbocycles. The standard InChI is InChI=1S/C31H38N6O8/c1-35-18-28(40)37-17-22(34-26(38)8-10-29(41)42)15-23(37)19-45-24-5-3-21(4-6-24)31(44)36(2)25(7-9-27(35)39)30(43)33-16-20-11-13-32-14-12-20/h3-6,11-14,22-23,25H,7-10,15-19H2,1-2H3,(H,33,43)(H,34,38)(H,41,42)/t22-,23+,25+/m1/s1. The van der Waals surface area contributed by atoms with Crippen molar-refractivity contribution in [3.8, 4) is 5.75 Å². The summed E-state index contributed by atoms with van der Waals surface area (Å²) in [5, 5.41) is 14.5. The van der Waals surface area contributed by atoms with Gasteiger partial charge < -0.3 is 35.2 Å². The molecule has 2 bridgehead atoms. The highest BCUT2D eigenvalue weighted by molar-refractivity contribution is 5.97. The van der Waals surface area contributed by atoms with Crippen LogP contribution in [-0.2, 0) is 30.5 Å². The normalized spacial score (nSPS) is 21.2. The number of benzene rings is 1. The molecule has 0 unspecified atom stereocenters. The summed E-state index contributed by atoms with van der Waals surface area (Å²) in [5.41, 5.74) is 1.15. The molecule has 240 valence electrons. The van der Waals surface area contributed by atoms with Crippen LogP contribution in [-0.4, -0.2) is 112 Å². The molecule has 1 saturated heterocycles. The van der Waals surface area contributed by atoms with Gasteiger partial charge >= 0.3 is 5.97 Å². The van der Waals surface area contributed by atoms with Crippen molar-refractivity contribution in [1.82, 2.24) is 30.3 Å². The van der Waals surface area contributed by atoms with Crippen molar-refractivity contribution in [2.45, 2.75) is 56.8 Å². The zero-order valence-corrected chi connectivity index (χ0v) is 25.3. The maximum atomic E-state index is 13.4. The highest BCUT2D eigenvalue weighted by Crippen LogP contribution is 2.22. The molecule has 3 N–H and O–H groups in total. The summed E-state index contributed by atoms with van der Waals surface area (Å²) in [6.45, 7) is 0.243. The monoisotopic (exact) mass is 622 g/mol. The molecule has 1 aromatic heterocycles. The van der Waals surface area contributed by atoms with E-state index in [0.717, 1.165) is 5.56 Å². The predicted octanol–water partition coefficient (Wildman–Crippen LogP) is 0.420. The quantitative estimate of drug-likeness (QED) is 0.395. The van der Waals surface area contributed by atoms with Gasteiger partial charge in [-0.25, -0.2) is 0 Å². The Morgan fingerprint density at radius 3 is 2.40 bits per heavy atom.